The average molecular weight is 220 g/mol. The minimum Gasteiger partial charge on any atom is -0.329 e. The van der Waals surface area contributed by atoms with Crippen molar-refractivity contribution in [3.8, 4) is 0 Å². The molecule has 0 aliphatic heterocycles. The average Bonchev–Trinajstić information content (AvgIpc) is 1.85. The summed E-state index contributed by atoms with van der Waals surface area (Å²) in [6.07, 6.45) is 7.58. The summed E-state index contributed by atoms with van der Waals surface area (Å²) in [7, 11) is -4.67. The largest absolute Gasteiger partial charge is 1.00 e. The van der Waals surface area contributed by atoms with E-state index < -0.39 is 10.4 Å². The second kappa shape index (κ2) is 12.9. The normalized spacial score (nSPS) is 9.54. The molecule has 0 heterocycles. The van der Waals surface area contributed by atoms with Crippen molar-refractivity contribution in [2.24, 2.45) is 0 Å². The predicted molar refractivity (Wildman–Crippen MR) is 48.3 cm³/mol. The SMILES string of the molecule is CC[CH-]CCCC.O=S(=O)(O)O.[Na+]. The van der Waals surface area contributed by atoms with E-state index in [2.05, 4.69) is 20.3 Å². The van der Waals surface area contributed by atoms with E-state index >= 15 is 0 Å². The Hall–Kier alpha value is 0.870. The van der Waals surface area contributed by atoms with Crippen molar-refractivity contribution >= 4 is 10.4 Å². The van der Waals surface area contributed by atoms with Crippen LogP contribution in [0.15, 0.2) is 0 Å². The van der Waals surface area contributed by atoms with Gasteiger partial charge in [0.1, 0.15) is 0 Å². The van der Waals surface area contributed by atoms with Crippen LogP contribution in [0.4, 0.5) is 0 Å². The number of unbranched alkanes of at least 4 members (excludes halogenated alkanes) is 4. The topological polar surface area (TPSA) is 74.6 Å². The van der Waals surface area contributed by atoms with E-state index in [4.69, 9.17) is 17.5 Å². The summed E-state index contributed by atoms with van der Waals surface area (Å²) >= 11 is 0. The van der Waals surface area contributed by atoms with Gasteiger partial charge in [-0.25, -0.2) is 0 Å². The Morgan fingerprint density at radius 3 is 1.85 bits per heavy atom. The van der Waals surface area contributed by atoms with Gasteiger partial charge in [0.15, 0.2) is 0 Å². The molecule has 0 rings (SSSR count). The van der Waals surface area contributed by atoms with Gasteiger partial charge >= 0.3 is 40.0 Å². The first-order valence-electron chi connectivity index (χ1n) is 3.93. The van der Waals surface area contributed by atoms with Gasteiger partial charge in [-0.1, -0.05) is 26.7 Å². The van der Waals surface area contributed by atoms with Crippen LogP contribution in [0.5, 0.6) is 0 Å². The van der Waals surface area contributed by atoms with Crippen molar-refractivity contribution in [1.29, 1.82) is 0 Å². The Bertz CT molecular complexity index is 155. The van der Waals surface area contributed by atoms with Crippen molar-refractivity contribution in [3.05, 3.63) is 6.42 Å². The van der Waals surface area contributed by atoms with E-state index in [0.29, 0.717) is 0 Å². The molecule has 0 aliphatic rings. The summed E-state index contributed by atoms with van der Waals surface area (Å²) in [5.41, 5.74) is 0. The zero-order valence-corrected chi connectivity index (χ0v) is 11.3. The Kier molecular flexibility index (Phi) is 19.2. The zero-order chi connectivity index (χ0) is 10.0. The number of hydrogen-bond acceptors (Lipinski definition) is 2. The molecular formula is C7H17NaO4S. The summed E-state index contributed by atoms with van der Waals surface area (Å²) in [6, 6.07) is 0. The summed E-state index contributed by atoms with van der Waals surface area (Å²) < 4.78 is 31.6. The van der Waals surface area contributed by atoms with Crippen molar-refractivity contribution < 1.29 is 47.1 Å². The van der Waals surface area contributed by atoms with Crippen LogP contribution in [-0.2, 0) is 10.4 Å². The van der Waals surface area contributed by atoms with Crippen molar-refractivity contribution in [3.63, 3.8) is 0 Å². The number of hydrogen-bond donors (Lipinski definition) is 2. The second-order valence-corrected chi connectivity index (χ2v) is 3.18. The molecule has 0 saturated carbocycles. The van der Waals surface area contributed by atoms with Gasteiger partial charge in [-0.2, -0.15) is 21.3 Å². The summed E-state index contributed by atoms with van der Waals surface area (Å²) in [5.74, 6) is 0. The van der Waals surface area contributed by atoms with Gasteiger partial charge in [0.05, 0.1) is 0 Å². The molecule has 0 aromatic carbocycles. The fourth-order valence-electron chi connectivity index (χ4n) is 0.553. The molecular weight excluding hydrogens is 203 g/mol. The molecule has 0 unspecified atom stereocenters. The van der Waals surface area contributed by atoms with Gasteiger partial charge < -0.3 is 6.42 Å². The van der Waals surface area contributed by atoms with Gasteiger partial charge in [-0.05, 0) is 0 Å². The van der Waals surface area contributed by atoms with Gasteiger partial charge in [-0.3, -0.25) is 9.11 Å². The monoisotopic (exact) mass is 220 g/mol. The quantitative estimate of drug-likeness (QED) is 0.280. The molecule has 76 valence electrons. The molecule has 0 radical (unpaired) electrons. The maximum Gasteiger partial charge on any atom is 1.00 e. The summed E-state index contributed by atoms with van der Waals surface area (Å²) in [4.78, 5) is 0. The van der Waals surface area contributed by atoms with Gasteiger partial charge in [-0.15, -0.1) is 0 Å². The summed E-state index contributed by atoms with van der Waals surface area (Å²) in [6.45, 7) is 4.42. The summed E-state index contributed by atoms with van der Waals surface area (Å²) in [5, 5.41) is 0. The first-order chi connectivity index (χ1) is 5.41. The molecule has 0 atom stereocenters. The minimum absolute atomic E-state index is 0. The molecule has 0 aromatic rings. The zero-order valence-electron chi connectivity index (χ0n) is 8.52. The maximum atomic E-state index is 8.74. The minimum atomic E-state index is -4.67. The van der Waals surface area contributed by atoms with Crippen molar-refractivity contribution in [1.82, 2.24) is 0 Å². The van der Waals surface area contributed by atoms with Crippen LogP contribution in [0.3, 0.4) is 0 Å². The third kappa shape index (κ3) is 64.1. The van der Waals surface area contributed by atoms with E-state index in [-0.39, 0.29) is 29.6 Å². The molecule has 0 spiro atoms. The number of rotatable bonds is 4. The Morgan fingerprint density at radius 2 is 1.62 bits per heavy atom. The van der Waals surface area contributed by atoms with Gasteiger partial charge in [0, 0.05) is 0 Å². The maximum absolute atomic E-state index is 8.74. The molecule has 13 heavy (non-hydrogen) atoms. The third-order valence-corrected chi connectivity index (χ3v) is 1.05. The molecule has 0 aliphatic carbocycles. The van der Waals surface area contributed by atoms with Crippen LogP contribution >= 0.6 is 0 Å². The van der Waals surface area contributed by atoms with E-state index in [1.54, 1.807) is 0 Å². The first kappa shape index (κ1) is 19.4. The van der Waals surface area contributed by atoms with Gasteiger partial charge in [0.2, 0.25) is 0 Å². The van der Waals surface area contributed by atoms with Crippen LogP contribution in [-0.4, -0.2) is 17.5 Å². The van der Waals surface area contributed by atoms with Gasteiger partial charge in [0.25, 0.3) is 0 Å². The Balaban J connectivity index is -0.000000150. The molecule has 0 bridgehead atoms. The molecule has 4 nitrogen and oxygen atoms in total. The van der Waals surface area contributed by atoms with Crippen LogP contribution < -0.4 is 29.6 Å². The first-order valence-corrected chi connectivity index (χ1v) is 5.33. The molecule has 0 fully saturated rings. The third-order valence-electron chi connectivity index (χ3n) is 1.05. The standard InChI is InChI=1S/C7H15.Na.H2O4S/c1-3-5-7-6-4-2;;1-5(2,3)4/h5H,3-4,6-7H2,1-2H3;;(H2,1,2,3,4)/q-1;+1;. The second-order valence-electron chi connectivity index (χ2n) is 2.29. The van der Waals surface area contributed by atoms with E-state index in [0.717, 1.165) is 0 Å². The Morgan fingerprint density at radius 1 is 1.23 bits per heavy atom. The fraction of sp³-hybridized carbons (Fsp3) is 0.857. The van der Waals surface area contributed by atoms with Crippen LogP contribution in [0, 0.1) is 6.42 Å². The molecule has 0 amide bonds. The molecule has 0 saturated heterocycles. The van der Waals surface area contributed by atoms with Crippen LogP contribution in [0.2, 0.25) is 0 Å². The Labute approximate surface area is 103 Å². The van der Waals surface area contributed by atoms with Crippen LogP contribution in [0.25, 0.3) is 0 Å². The van der Waals surface area contributed by atoms with E-state index in [1.807, 2.05) is 0 Å². The molecule has 6 heteroatoms. The molecule has 0 aromatic heterocycles. The smallest absolute Gasteiger partial charge is 0.329 e. The van der Waals surface area contributed by atoms with E-state index in [9.17, 15) is 0 Å². The van der Waals surface area contributed by atoms with Crippen molar-refractivity contribution in [2.75, 3.05) is 0 Å². The molecule has 2 N–H and O–H groups in total. The predicted octanol–water partition coefficient (Wildman–Crippen LogP) is -0.858. The van der Waals surface area contributed by atoms with Crippen molar-refractivity contribution in [2.45, 2.75) is 39.5 Å². The van der Waals surface area contributed by atoms with E-state index in [1.165, 1.54) is 25.7 Å². The fourth-order valence-corrected chi connectivity index (χ4v) is 0.553. The van der Waals surface area contributed by atoms with Crippen LogP contribution in [0.1, 0.15) is 39.5 Å².